The van der Waals surface area contributed by atoms with Crippen molar-refractivity contribution in [3.05, 3.63) is 22.5 Å². The fourth-order valence-corrected chi connectivity index (χ4v) is 2.96. The van der Waals surface area contributed by atoms with E-state index < -0.39 is 22.3 Å². The van der Waals surface area contributed by atoms with Gasteiger partial charge in [0.25, 0.3) is 0 Å². The third kappa shape index (κ3) is 3.85. The van der Waals surface area contributed by atoms with Gasteiger partial charge in [-0.25, -0.2) is 4.79 Å². The van der Waals surface area contributed by atoms with Crippen LogP contribution >= 0.6 is 0 Å². The average Bonchev–Trinajstić information content (AvgIpc) is 2.96. The standard InChI is InChI=1S/C14H20N4O5/c1-2-10-3-5-14(6-4-10,13(20)21)16-12(19)9-17-8-11(7-15-17)18(22)23/h7-8,10H,2-6,9H2,1H3,(H,16,19)(H,20,21). The molecule has 9 heteroatoms. The van der Waals surface area contributed by atoms with Gasteiger partial charge in [-0.15, -0.1) is 0 Å². The lowest BCUT2D eigenvalue weighted by Gasteiger charge is -2.37. The molecule has 2 N–H and O–H groups in total. The van der Waals surface area contributed by atoms with E-state index in [0.29, 0.717) is 18.8 Å². The van der Waals surface area contributed by atoms with Crippen molar-refractivity contribution in [3.8, 4) is 0 Å². The quantitative estimate of drug-likeness (QED) is 0.600. The third-order valence-corrected chi connectivity index (χ3v) is 4.46. The van der Waals surface area contributed by atoms with Crippen LogP contribution in [0.3, 0.4) is 0 Å². The summed E-state index contributed by atoms with van der Waals surface area (Å²) in [6.07, 6.45) is 5.50. The van der Waals surface area contributed by atoms with Crippen molar-refractivity contribution in [2.24, 2.45) is 5.92 Å². The van der Waals surface area contributed by atoms with Gasteiger partial charge in [-0.1, -0.05) is 13.3 Å². The zero-order chi connectivity index (χ0) is 17.0. The van der Waals surface area contributed by atoms with Gasteiger partial charge in [0.2, 0.25) is 5.91 Å². The summed E-state index contributed by atoms with van der Waals surface area (Å²) in [5.41, 5.74) is -1.46. The zero-order valence-corrected chi connectivity index (χ0v) is 12.9. The second kappa shape index (κ2) is 6.76. The number of carboxylic acid groups (broad SMARTS) is 1. The van der Waals surface area contributed by atoms with Crippen LogP contribution in [0.4, 0.5) is 5.69 Å². The molecular formula is C14H20N4O5. The number of carbonyl (C=O) groups excluding carboxylic acids is 1. The average molecular weight is 324 g/mol. The second-order valence-corrected chi connectivity index (χ2v) is 5.94. The number of nitrogens with zero attached hydrogens (tertiary/aromatic N) is 3. The molecule has 1 saturated carbocycles. The van der Waals surface area contributed by atoms with Gasteiger partial charge < -0.3 is 10.4 Å². The van der Waals surface area contributed by atoms with Gasteiger partial charge in [0, 0.05) is 0 Å². The summed E-state index contributed by atoms with van der Waals surface area (Å²) in [6.45, 7) is 1.82. The number of hydrogen-bond acceptors (Lipinski definition) is 5. The van der Waals surface area contributed by atoms with Crippen LogP contribution in [-0.2, 0) is 16.1 Å². The van der Waals surface area contributed by atoms with Gasteiger partial charge in [0.1, 0.15) is 24.5 Å². The van der Waals surface area contributed by atoms with E-state index in [0.717, 1.165) is 36.3 Å². The molecule has 23 heavy (non-hydrogen) atoms. The van der Waals surface area contributed by atoms with E-state index in [-0.39, 0.29) is 12.2 Å². The van der Waals surface area contributed by atoms with E-state index in [2.05, 4.69) is 17.3 Å². The van der Waals surface area contributed by atoms with Gasteiger partial charge in [0.05, 0.1) is 4.92 Å². The first-order valence-corrected chi connectivity index (χ1v) is 7.57. The smallest absolute Gasteiger partial charge is 0.329 e. The molecule has 1 aromatic rings. The number of aliphatic carboxylic acids is 1. The lowest BCUT2D eigenvalue weighted by atomic mass is 9.75. The molecule has 0 aliphatic heterocycles. The maximum absolute atomic E-state index is 12.1. The first-order valence-electron chi connectivity index (χ1n) is 7.57. The molecule has 0 unspecified atom stereocenters. The van der Waals surface area contributed by atoms with Crippen LogP contribution in [0.15, 0.2) is 12.4 Å². The highest BCUT2D eigenvalue weighted by Gasteiger charge is 2.42. The number of amides is 1. The van der Waals surface area contributed by atoms with Crippen molar-refractivity contribution >= 4 is 17.6 Å². The lowest BCUT2D eigenvalue weighted by molar-refractivity contribution is -0.385. The van der Waals surface area contributed by atoms with Crippen LogP contribution in [-0.4, -0.2) is 37.2 Å². The number of carboxylic acids is 1. The summed E-state index contributed by atoms with van der Waals surface area (Å²) < 4.78 is 1.13. The highest BCUT2D eigenvalue weighted by Crippen LogP contribution is 2.34. The van der Waals surface area contributed by atoms with Gasteiger partial charge in [0.15, 0.2) is 0 Å². The Bertz CT molecular complexity index is 604. The fourth-order valence-electron chi connectivity index (χ4n) is 2.96. The first-order chi connectivity index (χ1) is 10.9. The Hall–Kier alpha value is -2.45. The monoisotopic (exact) mass is 324 g/mol. The largest absolute Gasteiger partial charge is 0.480 e. The minimum absolute atomic E-state index is 0.214. The maximum Gasteiger partial charge on any atom is 0.329 e. The normalized spacial score (nSPS) is 24.1. The van der Waals surface area contributed by atoms with Crippen molar-refractivity contribution < 1.29 is 19.6 Å². The van der Waals surface area contributed by atoms with Crippen molar-refractivity contribution in [2.75, 3.05) is 0 Å². The van der Waals surface area contributed by atoms with Gasteiger partial charge in [-0.2, -0.15) is 5.10 Å². The van der Waals surface area contributed by atoms with Gasteiger partial charge >= 0.3 is 11.7 Å². The molecule has 0 atom stereocenters. The van der Waals surface area contributed by atoms with Crippen molar-refractivity contribution in [2.45, 2.75) is 51.1 Å². The Kier molecular flexibility index (Phi) is 4.97. The molecule has 1 aliphatic rings. The molecule has 126 valence electrons. The summed E-state index contributed by atoms with van der Waals surface area (Å²) in [5.74, 6) is -1.06. The van der Waals surface area contributed by atoms with E-state index in [1.54, 1.807) is 0 Å². The van der Waals surface area contributed by atoms with Crippen molar-refractivity contribution in [3.63, 3.8) is 0 Å². The van der Waals surface area contributed by atoms with E-state index in [1.807, 2.05) is 0 Å². The number of nitro groups is 1. The topological polar surface area (TPSA) is 127 Å². The molecule has 9 nitrogen and oxygen atoms in total. The van der Waals surface area contributed by atoms with Gasteiger partial charge in [-0.3, -0.25) is 19.6 Å². The maximum atomic E-state index is 12.1. The van der Waals surface area contributed by atoms with Crippen molar-refractivity contribution in [1.29, 1.82) is 0 Å². The van der Waals surface area contributed by atoms with Gasteiger partial charge in [-0.05, 0) is 31.6 Å². The SMILES string of the molecule is CCC1CCC(NC(=O)Cn2cc([N+](=O)[O-])cn2)(C(=O)O)CC1. The van der Waals surface area contributed by atoms with E-state index in [4.69, 9.17) is 0 Å². The molecule has 0 aromatic carbocycles. The summed E-state index contributed by atoms with van der Waals surface area (Å²) >= 11 is 0. The van der Waals surface area contributed by atoms with Crippen LogP contribution in [0.25, 0.3) is 0 Å². The Morgan fingerprint density at radius 3 is 2.65 bits per heavy atom. The Balaban J connectivity index is 2.01. The van der Waals surface area contributed by atoms with Crippen LogP contribution in [0.2, 0.25) is 0 Å². The van der Waals surface area contributed by atoms with E-state index in [9.17, 15) is 24.8 Å². The Morgan fingerprint density at radius 1 is 1.52 bits per heavy atom. The van der Waals surface area contributed by atoms with Crippen molar-refractivity contribution in [1.82, 2.24) is 15.1 Å². The summed E-state index contributed by atoms with van der Waals surface area (Å²) in [4.78, 5) is 33.7. The molecule has 0 spiro atoms. The highest BCUT2D eigenvalue weighted by molar-refractivity contribution is 5.87. The predicted molar refractivity (Wildman–Crippen MR) is 79.6 cm³/mol. The Labute approximate surface area is 132 Å². The van der Waals surface area contributed by atoms with Crippen LogP contribution < -0.4 is 5.32 Å². The minimum Gasteiger partial charge on any atom is -0.480 e. The Morgan fingerprint density at radius 2 is 2.17 bits per heavy atom. The molecule has 0 saturated heterocycles. The summed E-state index contributed by atoms with van der Waals surface area (Å²) in [6, 6.07) is 0. The summed E-state index contributed by atoms with van der Waals surface area (Å²) in [7, 11) is 0. The number of nitrogens with one attached hydrogen (secondary N) is 1. The van der Waals surface area contributed by atoms with Crippen LogP contribution in [0.5, 0.6) is 0 Å². The molecule has 1 amide bonds. The van der Waals surface area contributed by atoms with E-state index in [1.165, 1.54) is 0 Å². The number of hydrogen-bond donors (Lipinski definition) is 2. The third-order valence-electron chi connectivity index (χ3n) is 4.46. The molecule has 0 bridgehead atoms. The van der Waals surface area contributed by atoms with Crippen LogP contribution in [0.1, 0.15) is 39.0 Å². The summed E-state index contributed by atoms with van der Waals surface area (Å²) in [5, 5.41) is 26.4. The van der Waals surface area contributed by atoms with Crippen LogP contribution in [0, 0.1) is 16.0 Å². The molecule has 0 radical (unpaired) electrons. The molecule has 1 heterocycles. The number of aromatic nitrogens is 2. The minimum atomic E-state index is -1.25. The molecule has 1 aromatic heterocycles. The molecule has 1 fully saturated rings. The first kappa shape index (κ1) is 16.9. The molecular weight excluding hydrogens is 304 g/mol. The second-order valence-electron chi connectivity index (χ2n) is 5.94. The number of carbonyl (C=O) groups is 2. The molecule has 1 aliphatic carbocycles. The molecule has 2 rings (SSSR count). The highest BCUT2D eigenvalue weighted by atomic mass is 16.6. The zero-order valence-electron chi connectivity index (χ0n) is 12.9. The lowest BCUT2D eigenvalue weighted by Crippen LogP contribution is -2.57. The predicted octanol–water partition coefficient (Wildman–Crippen LogP) is 1.33. The number of rotatable bonds is 6. The van der Waals surface area contributed by atoms with E-state index >= 15 is 0 Å². The fraction of sp³-hybridized carbons (Fsp3) is 0.643.